The third-order valence-corrected chi connectivity index (χ3v) is 5.70. The van der Waals surface area contributed by atoms with Gasteiger partial charge in [0, 0.05) is 50.2 Å². The first-order chi connectivity index (χ1) is 14.9. The second-order valence-electron chi connectivity index (χ2n) is 7.31. The average molecular weight is 445 g/mol. The lowest BCUT2D eigenvalue weighted by atomic mass is 10.2. The van der Waals surface area contributed by atoms with Crippen LogP contribution in [-0.2, 0) is 9.59 Å². The summed E-state index contributed by atoms with van der Waals surface area (Å²) < 4.78 is 5.43. The highest BCUT2D eigenvalue weighted by molar-refractivity contribution is 6.30. The van der Waals surface area contributed by atoms with E-state index in [2.05, 4.69) is 0 Å². The third kappa shape index (κ3) is 4.41. The molecule has 2 aliphatic rings. The first-order valence-corrected chi connectivity index (χ1v) is 10.3. The summed E-state index contributed by atoms with van der Waals surface area (Å²) in [5.74, 6) is 0.404. The normalized spacial score (nSPS) is 16.0. The standard InChI is InChI=1S/C21H21ClN4O5/c22-15-5-6-16(18(13-15)26(29)30)23-9-11-24(12-10-23)20(27)7-8-25-17-3-1-2-4-19(17)31-14-21(25)28/h1-6,13H,7-12,14H2. The van der Waals surface area contributed by atoms with E-state index in [1.165, 1.54) is 6.07 Å². The van der Waals surface area contributed by atoms with Crippen LogP contribution >= 0.6 is 11.6 Å². The number of benzene rings is 2. The third-order valence-electron chi connectivity index (χ3n) is 5.46. The lowest BCUT2D eigenvalue weighted by molar-refractivity contribution is -0.384. The van der Waals surface area contributed by atoms with Crippen LogP contribution in [0.2, 0.25) is 5.02 Å². The molecular weight excluding hydrogens is 424 g/mol. The fraction of sp³-hybridized carbons (Fsp3) is 0.333. The molecule has 0 spiro atoms. The van der Waals surface area contributed by atoms with Crippen molar-refractivity contribution in [2.75, 3.05) is 49.1 Å². The first-order valence-electron chi connectivity index (χ1n) is 9.93. The maximum atomic E-state index is 12.7. The van der Waals surface area contributed by atoms with E-state index in [1.807, 2.05) is 17.0 Å². The Bertz CT molecular complexity index is 1020. The monoisotopic (exact) mass is 444 g/mol. The van der Waals surface area contributed by atoms with Gasteiger partial charge in [-0.1, -0.05) is 23.7 Å². The summed E-state index contributed by atoms with van der Waals surface area (Å²) in [5.41, 5.74) is 1.13. The molecule has 1 fully saturated rings. The van der Waals surface area contributed by atoms with Crippen molar-refractivity contribution in [1.29, 1.82) is 0 Å². The number of rotatable bonds is 5. The minimum atomic E-state index is -0.448. The van der Waals surface area contributed by atoms with Gasteiger partial charge in [-0.2, -0.15) is 0 Å². The van der Waals surface area contributed by atoms with Gasteiger partial charge in [-0.05, 0) is 24.3 Å². The number of amides is 2. The highest BCUT2D eigenvalue weighted by atomic mass is 35.5. The Hall–Kier alpha value is -3.33. The number of nitro groups is 1. The van der Waals surface area contributed by atoms with E-state index in [9.17, 15) is 19.7 Å². The predicted molar refractivity (Wildman–Crippen MR) is 116 cm³/mol. The van der Waals surface area contributed by atoms with Crippen LogP contribution in [-0.4, -0.2) is 61.0 Å². The molecule has 0 saturated carbocycles. The number of nitrogens with zero attached hydrogens (tertiary/aromatic N) is 4. The number of ether oxygens (including phenoxy) is 1. The number of hydrogen-bond acceptors (Lipinski definition) is 6. The lowest BCUT2D eigenvalue weighted by Crippen LogP contribution is -2.50. The number of nitro benzene ring substituents is 1. The molecule has 10 heteroatoms. The summed E-state index contributed by atoms with van der Waals surface area (Å²) in [6.45, 7) is 2.10. The van der Waals surface area contributed by atoms with Crippen molar-refractivity contribution in [1.82, 2.24) is 4.90 Å². The molecule has 2 heterocycles. The number of halogens is 1. The van der Waals surface area contributed by atoms with Crippen LogP contribution in [0, 0.1) is 10.1 Å². The summed E-state index contributed by atoms with van der Waals surface area (Å²) >= 11 is 5.89. The summed E-state index contributed by atoms with van der Waals surface area (Å²) in [6.07, 6.45) is 0.196. The van der Waals surface area contributed by atoms with Crippen molar-refractivity contribution in [2.45, 2.75) is 6.42 Å². The highest BCUT2D eigenvalue weighted by Gasteiger charge is 2.28. The SMILES string of the molecule is O=C(CCN1C(=O)COc2ccccc21)N1CCN(c2ccc(Cl)cc2[N+](=O)[O-])CC1. The molecule has 2 aromatic rings. The van der Waals surface area contributed by atoms with Crippen molar-refractivity contribution in [3.63, 3.8) is 0 Å². The van der Waals surface area contributed by atoms with Crippen LogP contribution in [0.5, 0.6) is 5.75 Å². The second-order valence-corrected chi connectivity index (χ2v) is 7.75. The van der Waals surface area contributed by atoms with E-state index < -0.39 is 4.92 Å². The molecule has 162 valence electrons. The number of carbonyl (C=O) groups excluding carboxylic acids is 2. The van der Waals surface area contributed by atoms with E-state index in [4.69, 9.17) is 16.3 Å². The van der Waals surface area contributed by atoms with Crippen molar-refractivity contribution in [3.05, 3.63) is 57.6 Å². The van der Waals surface area contributed by atoms with Crippen LogP contribution in [0.4, 0.5) is 17.1 Å². The van der Waals surface area contributed by atoms with E-state index in [0.29, 0.717) is 48.3 Å². The predicted octanol–water partition coefficient (Wildman–Crippen LogP) is 2.71. The zero-order valence-electron chi connectivity index (χ0n) is 16.7. The fourth-order valence-electron chi connectivity index (χ4n) is 3.87. The van der Waals surface area contributed by atoms with Crippen molar-refractivity contribution >= 4 is 40.5 Å². The van der Waals surface area contributed by atoms with Crippen LogP contribution < -0.4 is 14.5 Å². The van der Waals surface area contributed by atoms with Crippen molar-refractivity contribution < 1.29 is 19.2 Å². The summed E-state index contributed by atoms with van der Waals surface area (Å²) in [5, 5.41) is 11.7. The van der Waals surface area contributed by atoms with Gasteiger partial charge in [0.15, 0.2) is 6.61 Å². The molecule has 2 aliphatic heterocycles. The Morgan fingerprint density at radius 3 is 2.58 bits per heavy atom. The van der Waals surface area contributed by atoms with E-state index in [1.54, 1.807) is 34.1 Å². The number of anilines is 2. The van der Waals surface area contributed by atoms with E-state index in [0.717, 1.165) is 0 Å². The van der Waals surface area contributed by atoms with Gasteiger partial charge in [0.25, 0.3) is 11.6 Å². The van der Waals surface area contributed by atoms with E-state index >= 15 is 0 Å². The van der Waals surface area contributed by atoms with Gasteiger partial charge in [0.05, 0.1) is 10.6 Å². The molecule has 0 aliphatic carbocycles. The zero-order valence-corrected chi connectivity index (χ0v) is 17.5. The summed E-state index contributed by atoms with van der Waals surface area (Å²) in [7, 11) is 0. The minimum Gasteiger partial charge on any atom is -0.482 e. The quantitative estimate of drug-likeness (QED) is 0.519. The van der Waals surface area contributed by atoms with Gasteiger partial charge in [0.1, 0.15) is 11.4 Å². The number of piperazine rings is 1. The second kappa shape index (κ2) is 8.81. The van der Waals surface area contributed by atoms with Crippen LogP contribution in [0.15, 0.2) is 42.5 Å². The number of para-hydroxylation sites is 2. The number of carbonyl (C=O) groups is 2. The van der Waals surface area contributed by atoms with Crippen molar-refractivity contribution in [2.24, 2.45) is 0 Å². The van der Waals surface area contributed by atoms with Gasteiger partial charge in [-0.3, -0.25) is 19.7 Å². The average Bonchev–Trinajstić information content (AvgIpc) is 2.78. The Labute approximate surface area is 183 Å². The van der Waals surface area contributed by atoms with Gasteiger partial charge in [-0.15, -0.1) is 0 Å². The summed E-state index contributed by atoms with van der Waals surface area (Å²) in [4.78, 5) is 41.1. The summed E-state index contributed by atoms with van der Waals surface area (Å²) in [6, 6.07) is 11.9. The molecule has 1 saturated heterocycles. The molecule has 0 bridgehead atoms. The fourth-order valence-corrected chi connectivity index (χ4v) is 4.04. The number of fused-ring (bicyclic) bond motifs is 1. The molecule has 0 radical (unpaired) electrons. The van der Waals surface area contributed by atoms with Crippen LogP contribution in [0.3, 0.4) is 0 Å². The molecule has 2 amide bonds. The zero-order chi connectivity index (χ0) is 22.0. The molecule has 0 atom stereocenters. The minimum absolute atomic E-state index is 0.0379. The topological polar surface area (TPSA) is 96.2 Å². The molecule has 2 aromatic carbocycles. The molecule has 4 rings (SSSR count). The Balaban J connectivity index is 1.35. The smallest absolute Gasteiger partial charge is 0.294 e. The highest BCUT2D eigenvalue weighted by Crippen LogP contribution is 2.33. The number of hydrogen-bond donors (Lipinski definition) is 0. The first kappa shape index (κ1) is 20.9. The Morgan fingerprint density at radius 1 is 1.10 bits per heavy atom. The Kier molecular flexibility index (Phi) is 5.94. The van der Waals surface area contributed by atoms with E-state index in [-0.39, 0.29) is 37.1 Å². The van der Waals surface area contributed by atoms with Gasteiger partial charge < -0.3 is 19.4 Å². The lowest BCUT2D eigenvalue weighted by Gasteiger charge is -2.36. The largest absolute Gasteiger partial charge is 0.482 e. The molecule has 0 aromatic heterocycles. The maximum absolute atomic E-state index is 12.7. The van der Waals surface area contributed by atoms with Crippen molar-refractivity contribution in [3.8, 4) is 5.75 Å². The van der Waals surface area contributed by atoms with Gasteiger partial charge in [0.2, 0.25) is 5.91 Å². The van der Waals surface area contributed by atoms with Crippen LogP contribution in [0.25, 0.3) is 0 Å². The molecular formula is C21H21ClN4O5. The van der Waals surface area contributed by atoms with Crippen LogP contribution in [0.1, 0.15) is 6.42 Å². The Morgan fingerprint density at radius 2 is 1.84 bits per heavy atom. The molecule has 9 nitrogen and oxygen atoms in total. The molecule has 31 heavy (non-hydrogen) atoms. The van der Waals surface area contributed by atoms with Gasteiger partial charge >= 0.3 is 0 Å². The molecule has 0 N–H and O–H groups in total. The van der Waals surface area contributed by atoms with Gasteiger partial charge in [-0.25, -0.2) is 0 Å². The molecule has 0 unspecified atom stereocenters. The maximum Gasteiger partial charge on any atom is 0.294 e.